The van der Waals surface area contributed by atoms with Crippen LogP contribution < -0.4 is 5.32 Å². The highest BCUT2D eigenvalue weighted by atomic mass is 16.3. The number of hydrogen-bond acceptors (Lipinski definition) is 2. The highest BCUT2D eigenvalue weighted by Gasteiger charge is 2.30. The number of hydrogen-bond donors (Lipinski definition) is 2. The lowest BCUT2D eigenvalue weighted by Gasteiger charge is -2.30. The monoisotopic (exact) mass is 197 g/mol. The van der Waals surface area contributed by atoms with E-state index in [0.29, 0.717) is 12.0 Å². The predicted octanol–water partition coefficient (Wildman–Crippen LogP) is 1.93. The van der Waals surface area contributed by atoms with Crippen molar-refractivity contribution in [2.75, 3.05) is 6.54 Å². The third-order valence-electron chi connectivity index (χ3n) is 3.87. The van der Waals surface area contributed by atoms with Crippen LogP contribution >= 0.6 is 0 Å². The van der Waals surface area contributed by atoms with E-state index >= 15 is 0 Å². The van der Waals surface area contributed by atoms with Gasteiger partial charge >= 0.3 is 0 Å². The van der Waals surface area contributed by atoms with Crippen LogP contribution in [0.2, 0.25) is 0 Å². The van der Waals surface area contributed by atoms with Crippen LogP contribution in [-0.2, 0) is 0 Å². The molecule has 0 radical (unpaired) electrons. The van der Waals surface area contributed by atoms with Crippen molar-refractivity contribution in [3.05, 3.63) is 0 Å². The highest BCUT2D eigenvalue weighted by molar-refractivity contribution is 4.85. The number of nitrogens with one attached hydrogen (secondary N) is 1. The smallest absolute Gasteiger partial charge is 0.0692 e. The molecule has 0 aromatic carbocycles. The molecule has 0 amide bonds. The first-order valence-corrected chi connectivity index (χ1v) is 6.19. The molecule has 2 N–H and O–H groups in total. The first kappa shape index (κ1) is 10.4. The topological polar surface area (TPSA) is 32.3 Å². The Balaban J connectivity index is 1.67. The maximum absolute atomic E-state index is 9.74. The van der Waals surface area contributed by atoms with E-state index < -0.39 is 0 Å². The first-order chi connectivity index (χ1) is 6.77. The van der Waals surface area contributed by atoms with Gasteiger partial charge in [0.1, 0.15) is 0 Å². The van der Waals surface area contributed by atoms with Crippen LogP contribution in [-0.4, -0.2) is 23.8 Å². The number of rotatable bonds is 4. The average molecular weight is 197 g/mol. The average Bonchev–Trinajstić information content (AvgIpc) is 2.99. The summed E-state index contributed by atoms with van der Waals surface area (Å²) in [5, 5.41) is 13.3. The van der Waals surface area contributed by atoms with Crippen molar-refractivity contribution in [3.8, 4) is 0 Å². The van der Waals surface area contributed by atoms with Crippen LogP contribution in [0.15, 0.2) is 0 Å². The van der Waals surface area contributed by atoms with Gasteiger partial charge < -0.3 is 10.4 Å². The third-order valence-corrected chi connectivity index (χ3v) is 3.87. The van der Waals surface area contributed by atoms with Gasteiger partial charge in [0.25, 0.3) is 0 Å². The molecule has 0 heterocycles. The van der Waals surface area contributed by atoms with Gasteiger partial charge in [0.15, 0.2) is 0 Å². The summed E-state index contributed by atoms with van der Waals surface area (Å²) in [5.41, 5.74) is 0. The molecular weight excluding hydrogens is 174 g/mol. The lowest BCUT2D eigenvalue weighted by Crippen LogP contribution is -2.41. The Morgan fingerprint density at radius 1 is 1.21 bits per heavy atom. The molecule has 2 fully saturated rings. The van der Waals surface area contributed by atoms with Gasteiger partial charge in [0, 0.05) is 12.6 Å². The summed E-state index contributed by atoms with van der Waals surface area (Å²) < 4.78 is 0. The molecule has 0 aromatic rings. The Morgan fingerprint density at radius 2 is 1.93 bits per heavy atom. The second kappa shape index (κ2) is 4.63. The molecule has 0 saturated heterocycles. The fraction of sp³-hybridized carbons (Fsp3) is 1.00. The van der Waals surface area contributed by atoms with Crippen LogP contribution in [0.3, 0.4) is 0 Å². The Labute approximate surface area is 87.1 Å². The lowest BCUT2D eigenvalue weighted by molar-refractivity contribution is 0.135. The number of aliphatic hydroxyl groups is 1. The van der Waals surface area contributed by atoms with E-state index in [9.17, 15) is 5.11 Å². The van der Waals surface area contributed by atoms with Crippen LogP contribution in [0.25, 0.3) is 0 Å². The maximum Gasteiger partial charge on any atom is 0.0692 e. The van der Waals surface area contributed by atoms with E-state index in [1.165, 1.54) is 38.5 Å². The van der Waals surface area contributed by atoms with Gasteiger partial charge in [-0.05, 0) is 37.5 Å². The SMILES string of the molecule is CC1CCCCC1NCC(O)C1CC1. The van der Waals surface area contributed by atoms with E-state index in [4.69, 9.17) is 0 Å². The molecular formula is C12H23NO. The first-order valence-electron chi connectivity index (χ1n) is 6.19. The van der Waals surface area contributed by atoms with Crippen LogP contribution in [0.1, 0.15) is 45.4 Å². The van der Waals surface area contributed by atoms with Crippen molar-refractivity contribution >= 4 is 0 Å². The maximum atomic E-state index is 9.74. The Bertz CT molecular complexity index is 179. The van der Waals surface area contributed by atoms with Crippen LogP contribution in [0, 0.1) is 11.8 Å². The summed E-state index contributed by atoms with van der Waals surface area (Å²) in [5.74, 6) is 1.41. The van der Waals surface area contributed by atoms with Crippen molar-refractivity contribution in [1.29, 1.82) is 0 Å². The minimum atomic E-state index is -0.0795. The van der Waals surface area contributed by atoms with Crippen molar-refractivity contribution < 1.29 is 5.11 Å². The zero-order chi connectivity index (χ0) is 9.97. The second-order valence-electron chi connectivity index (χ2n) is 5.18. The molecule has 3 unspecified atom stereocenters. The Kier molecular flexibility index (Phi) is 3.45. The minimum Gasteiger partial charge on any atom is -0.392 e. The second-order valence-corrected chi connectivity index (χ2v) is 5.18. The fourth-order valence-corrected chi connectivity index (χ4v) is 2.54. The lowest BCUT2D eigenvalue weighted by atomic mass is 9.86. The third kappa shape index (κ3) is 2.71. The molecule has 2 aliphatic rings. The molecule has 2 rings (SSSR count). The molecule has 2 heteroatoms. The van der Waals surface area contributed by atoms with Crippen LogP contribution in [0.5, 0.6) is 0 Å². The zero-order valence-corrected chi connectivity index (χ0v) is 9.21. The molecule has 2 aliphatic carbocycles. The highest BCUT2D eigenvalue weighted by Crippen LogP contribution is 2.32. The van der Waals surface area contributed by atoms with Crippen LogP contribution in [0.4, 0.5) is 0 Å². The summed E-state index contributed by atoms with van der Waals surface area (Å²) >= 11 is 0. The van der Waals surface area contributed by atoms with Gasteiger partial charge in [-0.1, -0.05) is 19.8 Å². The van der Waals surface area contributed by atoms with Gasteiger partial charge in [-0.25, -0.2) is 0 Å². The molecule has 0 aromatic heterocycles. The van der Waals surface area contributed by atoms with E-state index in [1.54, 1.807) is 0 Å². The van der Waals surface area contributed by atoms with Gasteiger partial charge in [-0.15, -0.1) is 0 Å². The molecule has 0 spiro atoms. The molecule has 0 aliphatic heterocycles. The Hall–Kier alpha value is -0.0800. The molecule has 3 atom stereocenters. The summed E-state index contributed by atoms with van der Waals surface area (Å²) in [6, 6.07) is 0.664. The van der Waals surface area contributed by atoms with Gasteiger partial charge in [-0.2, -0.15) is 0 Å². The van der Waals surface area contributed by atoms with Gasteiger partial charge in [0.2, 0.25) is 0 Å². The summed E-state index contributed by atoms with van der Waals surface area (Å²) in [6.07, 6.45) is 7.82. The molecule has 0 bridgehead atoms. The Morgan fingerprint density at radius 3 is 2.57 bits per heavy atom. The number of aliphatic hydroxyl groups excluding tert-OH is 1. The minimum absolute atomic E-state index is 0.0795. The molecule has 2 nitrogen and oxygen atoms in total. The van der Waals surface area contributed by atoms with Crippen molar-refractivity contribution in [3.63, 3.8) is 0 Å². The largest absolute Gasteiger partial charge is 0.392 e. The quantitative estimate of drug-likeness (QED) is 0.721. The standard InChI is InChI=1S/C12H23NO/c1-9-4-2-3-5-11(9)13-8-12(14)10-6-7-10/h9-14H,2-8H2,1H3. The predicted molar refractivity (Wildman–Crippen MR) is 58.2 cm³/mol. The summed E-state index contributed by atoms with van der Waals surface area (Å²) in [6.45, 7) is 3.15. The molecule has 14 heavy (non-hydrogen) atoms. The van der Waals surface area contributed by atoms with Gasteiger partial charge in [0.05, 0.1) is 6.10 Å². The normalized spacial score (nSPS) is 35.6. The summed E-state index contributed by atoms with van der Waals surface area (Å²) in [7, 11) is 0. The van der Waals surface area contributed by atoms with E-state index in [1.807, 2.05) is 0 Å². The van der Waals surface area contributed by atoms with E-state index in [-0.39, 0.29) is 6.10 Å². The van der Waals surface area contributed by atoms with E-state index in [2.05, 4.69) is 12.2 Å². The molecule has 2 saturated carbocycles. The fourth-order valence-electron chi connectivity index (χ4n) is 2.54. The van der Waals surface area contributed by atoms with Gasteiger partial charge in [-0.3, -0.25) is 0 Å². The van der Waals surface area contributed by atoms with E-state index in [0.717, 1.165) is 12.5 Å². The van der Waals surface area contributed by atoms with Crippen molar-refractivity contribution in [2.45, 2.75) is 57.6 Å². The zero-order valence-electron chi connectivity index (χ0n) is 9.21. The molecule has 82 valence electrons. The van der Waals surface area contributed by atoms with Crippen molar-refractivity contribution in [2.24, 2.45) is 11.8 Å². The van der Waals surface area contributed by atoms with Crippen molar-refractivity contribution in [1.82, 2.24) is 5.32 Å². The summed E-state index contributed by atoms with van der Waals surface area (Å²) in [4.78, 5) is 0.